The monoisotopic (exact) mass is 228 g/mol. The van der Waals surface area contributed by atoms with Gasteiger partial charge in [0, 0.05) is 36.8 Å². The van der Waals surface area contributed by atoms with Crippen molar-refractivity contribution < 1.29 is 4.79 Å². The van der Waals surface area contributed by atoms with Crippen LogP contribution in [0.15, 0.2) is 23.1 Å². The summed E-state index contributed by atoms with van der Waals surface area (Å²) < 4.78 is 1.40. The molecule has 5 heteroatoms. The number of hydrogen-bond acceptors (Lipinski definition) is 2. The molecule has 1 atom stereocenters. The van der Waals surface area contributed by atoms with Gasteiger partial charge in [-0.15, -0.1) is 11.6 Å². The SMILES string of the molecule is CC(Cl)CNC(=O)c1ccn(C)c(=O)c1. The van der Waals surface area contributed by atoms with Crippen LogP contribution in [0.1, 0.15) is 17.3 Å². The van der Waals surface area contributed by atoms with Gasteiger partial charge in [-0.2, -0.15) is 0 Å². The number of pyridine rings is 1. The van der Waals surface area contributed by atoms with Crippen LogP contribution in [0.25, 0.3) is 0 Å². The topological polar surface area (TPSA) is 51.1 Å². The van der Waals surface area contributed by atoms with Crippen molar-refractivity contribution in [2.45, 2.75) is 12.3 Å². The molecule has 0 saturated carbocycles. The second kappa shape index (κ2) is 4.98. The molecule has 0 fully saturated rings. The Morgan fingerprint density at radius 2 is 2.33 bits per heavy atom. The average molecular weight is 229 g/mol. The van der Waals surface area contributed by atoms with Gasteiger partial charge in [0.05, 0.1) is 0 Å². The zero-order valence-electron chi connectivity index (χ0n) is 8.66. The molecule has 82 valence electrons. The quantitative estimate of drug-likeness (QED) is 0.776. The predicted molar refractivity (Wildman–Crippen MR) is 59.3 cm³/mol. The average Bonchev–Trinajstić information content (AvgIpc) is 2.18. The summed E-state index contributed by atoms with van der Waals surface area (Å²) in [6.07, 6.45) is 1.56. The minimum absolute atomic E-state index is 0.125. The van der Waals surface area contributed by atoms with Gasteiger partial charge in [0.2, 0.25) is 0 Å². The number of nitrogens with zero attached hydrogens (tertiary/aromatic N) is 1. The van der Waals surface area contributed by atoms with Gasteiger partial charge < -0.3 is 9.88 Å². The summed E-state index contributed by atoms with van der Waals surface area (Å²) >= 11 is 5.69. The Kier molecular flexibility index (Phi) is 3.91. The maximum atomic E-state index is 11.5. The summed E-state index contributed by atoms with van der Waals surface area (Å²) in [5.41, 5.74) is 0.150. The minimum atomic E-state index is -0.278. The number of hydrogen-bond donors (Lipinski definition) is 1. The first-order valence-corrected chi connectivity index (χ1v) is 5.03. The van der Waals surface area contributed by atoms with Crippen molar-refractivity contribution in [2.75, 3.05) is 6.54 Å². The lowest BCUT2D eigenvalue weighted by Gasteiger charge is -2.06. The molecule has 1 N–H and O–H groups in total. The molecule has 0 radical (unpaired) electrons. The third kappa shape index (κ3) is 3.40. The number of aromatic nitrogens is 1. The van der Waals surface area contributed by atoms with Crippen LogP contribution < -0.4 is 10.9 Å². The van der Waals surface area contributed by atoms with E-state index >= 15 is 0 Å². The van der Waals surface area contributed by atoms with E-state index < -0.39 is 0 Å². The van der Waals surface area contributed by atoms with Gasteiger partial charge in [-0.3, -0.25) is 9.59 Å². The van der Waals surface area contributed by atoms with Gasteiger partial charge in [-0.25, -0.2) is 0 Å². The number of halogens is 1. The Hall–Kier alpha value is -1.29. The number of nitrogens with one attached hydrogen (secondary N) is 1. The molecule has 1 amide bonds. The molecule has 0 aliphatic rings. The number of carbonyl (C=O) groups excluding carboxylic acids is 1. The zero-order chi connectivity index (χ0) is 11.4. The predicted octanol–water partition coefficient (Wildman–Crippen LogP) is 0.742. The van der Waals surface area contributed by atoms with Crippen LogP contribution in [0, 0.1) is 0 Å². The smallest absolute Gasteiger partial charge is 0.251 e. The highest BCUT2D eigenvalue weighted by Crippen LogP contribution is 1.95. The molecule has 1 aromatic heterocycles. The van der Waals surface area contributed by atoms with Gasteiger partial charge >= 0.3 is 0 Å². The molecule has 15 heavy (non-hydrogen) atoms. The molecule has 1 aromatic rings. The number of carbonyl (C=O) groups is 1. The Morgan fingerprint density at radius 3 is 2.87 bits per heavy atom. The number of aryl methyl sites for hydroxylation is 1. The van der Waals surface area contributed by atoms with Crippen LogP contribution in [-0.4, -0.2) is 22.4 Å². The van der Waals surface area contributed by atoms with Gasteiger partial charge in [0.1, 0.15) is 0 Å². The molecule has 1 heterocycles. The lowest BCUT2D eigenvalue weighted by Crippen LogP contribution is -2.30. The first-order chi connectivity index (χ1) is 7.00. The second-order valence-electron chi connectivity index (χ2n) is 3.36. The third-order valence-corrected chi connectivity index (χ3v) is 2.06. The van der Waals surface area contributed by atoms with Gasteiger partial charge in [0.25, 0.3) is 11.5 Å². The van der Waals surface area contributed by atoms with E-state index in [0.29, 0.717) is 12.1 Å². The van der Waals surface area contributed by atoms with Gasteiger partial charge in [-0.05, 0) is 13.0 Å². The number of rotatable bonds is 3. The first kappa shape index (κ1) is 11.8. The second-order valence-corrected chi connectivity index (χ2v) is 4.10. The standard InChI is InChI=1S/C10H13ClN2O2/c1-7(11)6-12-10(15)8-3-4-13(2)9(14)5-8/h3-5,7H,6H2,1-2H3,(H,12,15). The van der Waals surface area contributed by atoms with E-state index in [-0.39, 0.29) is 16.8 Å². The first-order valence-electron chi connectivity index (χ1n) is 4.59. The van der Waals surface area contributed by atoms with Gasteiger partial charge in [-0.1, -0.05) is 0 Å². The maximum absolute atomic E-state index is 11.5. The zero-order valence-corrected chi connectivity index (χ0v) is 9.41. The molecule has 4 nitrogen and oxygen atoms in total. The van der Waals surface area contributed by atoms with Crippen molar-refractivity contribution in [3.8, 4) is 0 Å². The summed E-state index contributed by atoms with van der Waals surface area (Å²) in [6.45, 7) is 2.17. The van der Waals surface area contributed by atoms with Crippen LogP contribution in [0.2, 0.25) is 0 Å². The molecular formula is C10H13ClN2O2. The van der Waals surface area contributed by atoms with Crippen molar-refractivity contribution in [1.82, 2.24) is 9.88 Å². The summed E-state index contributed by atoms with van der Waals surface area (Å²) in [4.78, 5) is 22.7. The van der Waals surface area contributed by atoms with E-state index in [1.165, 1.54) is 10.6 Å². The molecule has 0 bridgehead atoms. The fourth-order valence-corrected chi connectivity index (χ4v) is 1.10. The minimum Gasteiger partial charge on any atom is -0.351 e. The van der Waals surface area contributed by atoms with Crippen molar-refractivity contribution in [3.05, 3.63) is 34.2 Å². The molecule has 0 spiro atoms. The Morgan fingerprint density at radius 1 is 1.67 bits per heavy atom. The lowest BCUT2D eigenvalue weighted by molar-refractivity contribution is 0.0953. The van der Waals surface area contributed by atoms with Crippen molar-refractivity contribution in [3.63, 3.8) is 0 Å². The molecule has 0 aromatic carbocycles. The maximum Gasteiger partial charge on any atom is 0.251 e. The lowest BCUT2D eigenvalue weighted by atomic mass is 10.2. The molecule has 0 saturated heterocycles. The van der Waals surface area contributed by atoms with Gasteiger partial charge in [0.15, 0.2) is 0 Å². The highest BCUT2D eigenvalue weighted by molar-refractivity contribution is 6.20. The summed E-state index contributed by atoms with van der Waals surface area (Å²) in [5, 5.41) is 2.50. The van der Waals surface area contributed by atoms with Crippen molar-refractivity contribution in [1.29, 1.82) is 0 Å². The van der Waals surface area contributed by atoms with Crippen molar-refractivity contribution in [2.24, 2.45) is 7.05 Å². The van der Waals surface area contributed by atoms with E-state index in [4.69, 9.17) is 11.6 Å². The van der Waals surface area contributed by atoms with E-state index in [0.717, 1.165) is 0 Å². The van der Waals surface area contributed by atoms with Crippen molar-refractivity contribution >= 4 is 17.5 Å². The molecule has 1 rings (SSSR count). The summed E-state index contributed by atoms with van der Waals surface area (Å²) in [6, 6.07) is 2.89. The van der Waals surface area contributed by atoms with Crippen LogP contribution in [-0.2, 0) is 7.05 Å². The van der Waals surface area contributed by atoms with Crippen LogP contribution in [0.5, 0.6) is 0 Å². The van der Waals surface area contributed by atoms with E-state index in [2.05, 4.69) is 5.32 Å². The Balaban J connectivity index is 2.75. The largest absolute Gasteiger partial charge is 0.351 e. The molecule has 1 unspecified atom stereocenters. The fourth-order valence-electron chi connectivity index (χ4n) is 1.03. The van der Waals surface area contributed by atoms with E-state index in [1.807, 2.05) is 0 Å². The Labute approximate surface area is 92.9 Å². The highest BCUT2D eigenvalue weighted by Gasteiger charge is 2.07. The van der Waals surface area contributed by atoms with E-state index in [1.54, 1.807) is 26.2 Å². The molecular weight excluding hydrogens is 216 g/mol. The Bertz CT molecular complexity index is 412. The van der Waals surface area contributed by atoms with Crippen LogP contribution in [0.4, 0.5) is 0 Å². The molecule has 0 aliphatic heterocycles. The normalized spacial score (nSPS) is 12.2. The van der Waals surface area contributed by atoms with Crippen LogP contribution in [0.3, 0.4) is 0 Å². The summed E-state index contributed by atoms with van der Waals surface area (Å²) in [7, 11) is 1.63. The third-order valence-electron chi connectivity index (χ3n) is 1.91. The number of alkyl halides is 1. The van der Waals surface area contributed by atoms with E-state index in [9.17, 15) is 9.59 Å². The van der Waals surface area contributed by atoms with Crippen LogP contribution >= 0.6 is 11.6 Å². The fraction of sp³-hybridized carbons (Fsp3) is 0.400. The molecule has 0 aliphatic carbocycles. The highest BCUT2D eigenvalue weighted by atomic mass is 35.5. The number of amides is 1. The summed E-state index contributed by atoms with van der Waals surface area (Å²) in [5.74, 6) is -0.278.